The molecule has 19 heavy (non-hydrogen) atoms. The van der Waals surface area contributed by atoms with Gasteiger partial charge in [0.25, 0.3) is 6.47 Å². The first-order valence-electron chi connectivity index (χ1n) is 6.36. The van der Waals surface area contributed by atoms with E-state index < -0.39 is 0 Å². The normalized spacial score (nSPS) is 22.0. The van der Waals surface area contributed by atoms with E-state index in [4.69, 9.17) is 10.2 Å². The molecule has 1 saturated heterocycles. The topological polar surface area (TPSA) is 78.8 Å². The minimum Gasteiger partial charge on any atom is -0.463 e. The lowest BCUT2D eigenvalue weighted by Gasteiger charge is -2.26. The minimum absolute atomic E-state index is 0.103. The van der Waals surface area contributed by atoms with E-state index in [0.717, 1.165) is 18.5 Å². The van der Waals surface area contributed by atoms with E-state index in [-0.39, 0.29) is 18.6 Å². The van der Waals surface area contributed by atoms with Crippen LogP contribution in [0.2, 0.25) is 0 Å². The first-order chi connectivity index (χ1) is 9.27. The van der Waals surface area contributed by atoms with Crippen molar-refractivity contribution in [1.29, 1.82) is 0 Å². The van der Waals surface area contributed by atoms with Gasteiger partial charge in [0.15, 0.2) is 0 Å². The summed E-state index contributed by atoms with van der Waals surface area (Å²) in [5.74, 6) is 0.103. The van der Waals surface area contributed by atoms with E-state index in [2.05, 4.69) is 10.1 Å². The molecular weight excluding hydrogens is 246 g/mol. The second-order valence-corrected chi connectivity index (χ2v) is 4.40. The highest BCUT2D eigenvalue weighted by Gasteiger charge is 2.21. The Morgan fingerprint density at radius 2 is 2.11 bits per heavy atom. The average molecular weight is 267 g/mol. The lowest BCUT2D eigenvalue weighted by molar-refractivity contribution is -0.129. The zero-order chi connectivity index (χ0) is 13.9. The van der Waals surface area contributed by atoms with Gasteiger partial charge in [0.1, 0.15) is 6.61 Å². The molecule has 3 N–H and O–H groups in total. The summed E-state index contributed by atoms with van der Waals surface area (Å²) in [4.78, 5) is 9.76. The second-order valence-electron chi connectivity index (χ2n) is 4.40. The molecule has 0 saturated carbocycles. The van der Waals surface area contributed by atoms with Gasteiger partial charge in [0, 0.05) is 19.1 Å². The van der Waals surface area contributed by atoms with Crippen LogP contribution in [0.3, 0.4) is 0 Å². The van der Waals surface area contributed by atoms with Crippen LogP contribution >= 0.6 is 0 Å². The van der Waals surface area contributed by atoms with Crippen LogP contribution in [0.4, 0.5) is 0 Å². The largest absolute Gasteiger partial charge is 0.463 e. The van der Waals surface area contributed by atoms with Crippen molar-refractivity contribution < 1.29 is 19.7 Å². The smallest absolute Gasteiger partial charge is 0.293 e. The Morgan fingerprint density at radius 1 is 1.37 bits per heavy atom. The quantitative estimate of drug-likeness (QED) is 0.684. The van der Waals surface area contributed by atoms with Gasteiger partial charge in [-0.25, -0.2) is 0 Å². The highest BCUT2D eigenvalue weighted by molar-refractivity contribution is 5.37. The van der Waals surface area contributed by atoms with Gasteiger partial charge in [-0.2, -0.15) is 0 Å². The number of nitrogens with one attached hydrogen (secondary N) is 1. The summed E-state index contributed by atoms with van der Waals surface area (Å²) in [6, 6.07) is 9.55. The average Bonchev–Trinajstić information content (AvgIpc) is 2.47. The molecular formula is C14H21NO4. The highest BCUT2D eigenvalue weighted by atomic mass is 16.5. The maximum absolute atomic E-state index is 9.76. The summed E-state index contributed by atoms with van der Waals surface area (Å²) in [5.41, 5.74) is 1.01. The third-order valence-corrected chi connectivity index (χ3v) is 2.98. The number of benzene rings is 1. The van der Waals surface area contributed by atoms with Crippen molar-refractivity contribution in [2.24, 2.45) is 5.92 Å². The molecule has 0 unspecified atom stereocenters. The van der Waals surface area contributed by atoms with Gasteiger partial charge in [0.2, 0.25) is 0 Å². The third kappa shape index (κ3) is 6.33. The summed E-state index contributed by atoms with van der Waals surface area (Å²) in [5, 5.41) is 20.9. The number of aliphatic hydroxyl groups excluding tert-OH is 2. The van der Waals surface area contributed by atoms with Crippen LogP contribution in [0.15, 0.2) is 30.3 Å². The van der Waals surface area contributed by atoms with Gasteiger partial charge in [-0.15, -0.1) is 0 Å². The number of aliphatic hydroxyl groups is 2. The molecule has 0 aliphatic carbocycles. The molecule has 1 aliphatic rings. The Hall–Kier alpha value is -1.43. The lowest BCUT2D eigenvalue weighted by atomic mass is 9.96. The summed E-state index contributed by atoms with van der Waals surface area (Å²) >= 11 is 0. The SMILES string of the molecule is O=COCc1ccccc1.OC[C@H]1CCNC[C@H]1O. The highest BCUT2D eigenvalue weighted by Crippen LogP contribution is 2.10. The van der Waals surface area contributed by atoms with Crippen molar-refractivity contribution in [3.8, 4) is 0 Å². The standard InChI is InChI=1S/C8H8O2.C6H13NO2/c9-7-10-6-8-4-2-1-3-5-8;8-4-5-1-2-7-3-6(5)9/h1-5,7H,6H2;5-9H,1-4H2/t;5-,6-/m.1/s1. The summed E-state index contributed by atoms with van der Waals surface area (Å²) in [7, 11) is 0. The Morgan fingerprint density at radius 3 is 2.63 bits per heavy atom. The van der Waals surface area contributed by atoms with Crippen LogP contribution in [-0.2, 0) is 16.1 Å². The molecule has 0 radical (unpaired) electrons. The molecule has 106 valence electrons. The van der Waals surface area contributed by atoms with E-state index in [1.165, 1.54) is 0 Å². The van der Waals surface area contributed by atoms with Crippen LogP contribution in [0.1, 0.15) is 12.0 Å². The van der Waals surface area contributed by atoms with Crippen LogP contribution in [0, 0.1) is 5.92 Å². The van der Waals surface area contributed by atoms with Gasteiger partial charge in [-0.1, -0.05) is 30.3 Å². The Bertz CT molecular complexity index is 345. The van der Waals surface area contributed by atoms with E-state index in [1.807, 2.05) is 30.3 Å². The van der Waals surface area contributed by atoms with Crippen LogP contribution < -0.4 is 5.32 Å². The number of carbonyl (C=O) groups is 1. The molecule has 2 atom stereocenters. The maximum Gasteiger partial charge on any atom is 0.293 e. The molecule has 0 aromatic heterocycles. The molecule has 0 spiro atoms. The van der Waals surface area contributed by atoms with Crippen molar-refractivity contribution in [1.82, 2.24) is 5.32 Å². The van der Waals surface area contributed by atoms with Gasteiger partial charge < -0.3 is 20.3 Å². The van der Waals surface area contributed by atoms with E-state index in [0.29, 0.717) is 19.6 Å². The minimum atomic E-state index is -0.344. The van der Waals surface area contributed by atoms with E-state index in [1.54, 1.807) is 0 Å². The molecule has 0 bridgehead atoms. The predicted octanol–water partition coefficient (Wildman–Crippen LogP) is 0.309. The zero-order valence-electron chi connectivity index (χ0n) is 10.9. The Labute approximate surface area is 113 Å². The Balaban J connectivity index is 0.000000191. The van der Waals surface area contributed by atoms with Gasteiger partial charge in [0.05, 0.1) is 6.10 Å². The molecule has 5 nitrogen and oxygen atoms in total. The number of hydrogen-bond acceptors (Lipinski definition) is 5. The van der Waals surface area contributed by atoms with Crippen LogP contribution in [0.25, 0.3) is 0 Å². The van der Waals surface area contributed by atoms with E-state index >= 15 is 0 Å². The monoisotopic (exact) mass is 267 g/mol. The number of ether oxygens (including phenoxy) is 1. The molecule has 5 heteroatoms. The molecule has 1 aromatic carbocycles. The van der Waals surface area contributed by atoms with Crippen molar-refractivity contribution in [2.45, 2.75) is 19.1 Å². The summed E-state index contributed by atoms with van der Waals surface area (Å²) in [6.45, 7) is 2.48. The molecule has 1 aromatic rings. The Kier molecular flexibility index (Phi) is 7.81. The number of piperidine rings is 1. The molecule has 2 rings (SSSR count). The fourth-order valence-electron chi connectivity index (χ4n) is 1.81. The maximum atomic E-state index is 9.76. The van der Waals surface area contributed by atoms with Gasteiger partial charge >= 0.3 is 0 Å². The molecule has 1 heterocycles. The van der Waals surface area contributed by atoms with Crippen molar-refractivity contribution in [3.05, 3.63) is 35.9 Å². The molecule has 1 fully saturated rings. The lowest BCUT2D eigenvalue weighted by Crippen LogP contribution is -2.41. The summed E-state index contributed by atoms with van der Waals surface area (Å²) < 4.78 is 4.54. The van der Waals surface area contributed by atoms with Crippen LogP contribution in [0.5, 0.6) is 0 Å². The van der Waals surface area contributed by atoms with Crippen molar-refractivity contribution in [3.63, 3.8) is 0 Å². The van der Waals surface area contributed by atoms with E-state index in [9.17, 15) is 4.79 Å². The number of carbonyl (C=O) groups excluding carboxylic acids is 1. The van der Waals surface area contributed by atoms with Crippen molar-refractivity contribution >= 4 is 6.47 Å². The number of rotatable bonds is 4. The molecule has 1 aliphatic heterocycles. The number of β-amino-alcohol motifs (C(OH)–C–C–N with tert-alkyl or cyclic N) is 1. The van der Waals surface area contributed by atoms with Gasteiger partial charge in [-0.05, 0) is 18.5 Å². The van der Waals surface area contributed by atoms with Crippen molar-refractivity contribution in [2.75, 3.05) is 19.7 Å². The third-order valence-electron chi connectivity index (χ3n) is 2.98. The predicted molar refractivity (Wildman–Crippen MR) is 71.4 cm³/mol. The second kappa shape index (κ2) is 9.49. The fourth-order valence-corrected chi connectivity index (χ4v) is 1.81. The van der Waals surface area contributed by atoms with Crippen LogP contribution in [-0.4, -0.2) is 42.5 Å². The first-order valence-corrected chi connectivity index (χ1v) is 6.36. The number of hydrogen-bond donors (Lipinski definition) is 3. The zero-order valence-corrected chi connectivity index (χ0v) is 10.9. The molecule has 0 amide bonds. The fraction of sp³-hybridized carbons (Fsp3) is 0.500. The van der Waals surface area contributed by atoms with Gasteiger partial charge in [-0.3, -0.25) is 4.79 Å². The first kappa shape index (κ1) is 15.6. The summed E-state index contributed by atoms with van der Waals surface area (Å²) in [6.07, 6.45) is 0.543.